The largest absolute Gasteiger partial charge is 0.356 e. The number of carbonyl (C=O) groups is 1. The zero-order valence-corrected chi connectivity index (χ0v) is 17.0. The first-order valence-corrected chi connectivity index (χ1v) is 10.4. The van der Waals surface area contributed by atoms with E-state index >= 15 is 0 Å². The highest BCUT2D eigenvalue weighted by Crippen LogP contribution is 2.44. The third kappa shape index (κ3) is 3.29. The van der Waals surface area contributed by atoms with Crippen LogP contribution in [0.3, 0.4) is 0 Å². The first-order chi connectivity index (χ1) is 15.0. The molecule has 0 radical (unpaired) electrons. The summed E-state index contributed by atoms with van der Waals surface area (Å²) < 4.78 is 21.9. The number of hydrogen-bond donors (Lipinski definition) is 0. The Labute approximate surface area is 177 Å². The molecule has 1 unspecified atom stereocenters. The van der Waals surface area contributed by atoms with Gasteiger partial charge in [-0.3, -0.25) is 14.9 Å². The van der Waals surface area contributed by atoms with Gasteiger partial charge in [-0.25, -0.2) is 14.1 Å². The van der Waals surface area contributed by atoms with Crippen molar-refractivity contribution in [2.24, 2.45) is 0 Å². The van der Waals surface area contributed by atoms with E-state index in [0.29, 0.717) is 24.0 Å². The van der Waals surface area contributed by atoms with E-state index in [1.54, 1.807) is 13.1 Å². The van der Waals surface area contributed by atoms with E-state index in [9.17, 15) is 19.3 Å². The molecule has 8 nitrogen and oxygen atoms in total. The summed E-state index contributed by atoms with van der Waals surface area (Å²) in [6.07, 6.45) is 7.08. The summed E-state index contributed by atoms with van der Waals surface area (Å²) in [6, 6.07) is 2.52. The van der Waals surface area contributed by atoms with E-state index in [4.69, 9.17) is 4.74 Å². The third-order valence-corrected chi connectivity index (χ3v) is 6.14. The van der Waals surface area contributed by atoms with Gasteiger partial charge in [0.2, 0.25) is 5.78 Å². The molecule has 5 rings (SSSR count). The highest BCUT2D eigenvalue weighted by Gasteiger charge is 2.34. The molecule has 2 fully saturated rings. The minimum atomic E-state index is -0.619. The summed E-state index contributed by atoms with van der Waals surface area (Å²) >= 11 is 0. The SMILES string of the molecule is Cc1c(C2CC2)cnc(C(=O)c2ccc(F)c3c2cnn3C2CCCCO2)c1[N+](=O)[O-]. The molecule has 1 atom stereocenters. The molecular formula is C22H21FN4O4. The van der Waals surface area contributed by atoms with Gasteiger partial charge in [0.05, 0.1) is 11.1 Å². The number of halogens is 1. The molecule has 3 heterocycles. The molecule has 1 aromatic carbocycles. The van der Waals surface area contributed by atoms with Crippen LogP contribution >= 0.6 is 0 Å². The van der Waals surface area contributed by atoms with Crippen LogP contribution in [0.15, 0.2) is 24.5 Å². The Kier molecular flexibility index (Phi) is 4.77. The Balaban J connectivity index is 1.63. The summed E-state index contributed by atoms with van der Waals surface area (Å²) in [7, 11) is 0. The van der Waals surface area contributed by atoms with Crippen molar-refractivity contribution in [3.05, 3.63) is 62.8 Å². The van der Waals surface area contributed by atoms with Crippen LogP contribution < -0.4 is 0 Å². The van der Waals surface area contributed by atoms with E-state index in [2.05, 4.69) is 10.1 Å². The lowest BCUT2D eigenvalue weighted by Gasteiger charge is -2.23. The van der Waals surface area contributed by atoms with Crippen LogP contribution in [0, 0.1) is 22.9 Å². The molecule has 0 N–H and O–H groups in total. The monoisotopic (exact) mass is 424 g/mol. The normalized spacial score (nSPS) is 19.0. The van der Waals surface area contributed by atoms with Gasteiger partial charge in [0.25, 0.3) is 0 Å². The van der Waals surface area contributed by atoms with Crippen LogP contribution in [-0.4, -0.2) is 32.1 Å². The number of hydrogen-bond acceptors (Lipinski definition) is 6. The quantitative estimate of drug-likeness (QED) is 0.337. The Bertz CT molecular complexity index is 1210. The van der Waals surface area contributed by atoms with Crippen LogP contribution in [0.25, 0.3) is 10.9 Å². The number of aromatic nitrogens is 3. The summed E-state index contributed by atoms with van der Waals surface area (Å²) in [5.74, 6) is -0.881. The number of pyridine rings is 1. The molecule has 0 bridgehead atoms. The Morgan fingerprint density at radius 1 is 1.26 bits per heavy atom. The number of nitrogens with zero attached hydrogens (tertiary/aromatic N) is 4. The number of fused-ring (bicyclic) bond motifs is 1. The maximum atomic E-state index is 14.7. The van der Waals surface area contributed by atoms with Gasteiger partial charge < -0.3 is 4.74 Å². The first kappa shape index (κ1) is 19.7. The van der Waals surface area contributed by atoms with Crippen molar-refractivity contribution in [2.75, 3.05) is 6.61 Å². The lowest BCUT2D eigenvalue weighted by Crippen LogP contribution is -2.19. The molecule has 1 aliphatic heterocycles. The minimum absolute atomic E-state index is 0.132. The second kappa shape index (κ2) is 7.49. The minimum Gasteiger partial charge on any atom is -0.356 e. The standard InChI is InChI=1S/C22H21FN4O4/c1-12-15(13-5-6-13)10-24-19(20(12)27(29)30)22(28)14-7-8-17(23)21-16(14)11-25-26(21)18-4-2-3-9-31-18/h7-8,10-11,13,18H,2-6,9H2,1H3. The van der Waals surface area contributed by atoms with Crippen molar-refractivity contribution in [3.8, 4) is 0 Å². The lowest BCUT2D eigenvalue weighted by atomic mass is 9.98. The molecule has 31 heavy (non-hydrogen) atoms. The summed E-state index contributed by atoms with van der Waals surface area (Å²) in [5, 5.41) is 16.4. The van der Waals surface area contributed by atoms with E-state index < -0.39 is 22.8 Å². The topological polar surface area (TPSA) is 100 Å². The number of ketones is 1. The molecule has 0 spiro atoms. The predicted octanol–water partition coefficient (Wildman–Crippen LogP) is 4.59. The van der Waals surface area contributed by atoms with Crippen molar-refractivity contribution in [1.29, 1.82) is 0 Å². The van der Waals surface area contributed by atoms with Crippen molar-refractivity contribution in [3.63, 3.8) is 0 Å². The number of carbonyl (C=O) groups excluding carboxylic acids is 1. The van der Waals surface area contributed by atoms with E-state index in [-0.39, 0.29) is 28.4 Å². The maximum Gasteiger partial charge on any atom is 0.302 e. The van der Waals surface area contributed by atoms with Crippen LogP contribution in [0.1, 0.15) is 71.4 Å². The highest BCUT2D eigenvalue weighted by molar-refractivity contribution is 6.17. The van der Waals surface area contributed by atoms with Crippen molar-refractivity contribution >= 4 is 22.4 Å². The van der Waals surface area contributed by atoms with Gasteiger partial charge in [-0.05, 0) is 62.6 Å². The number of rotatable bonds is 5. The van der Waals surface area contributed by atoms with Gasteiger partial charge in [-0.15, -0.1) is 0 Å². The van der Waals surface area contributed by atoms with Gasteiger partial charge >= 0.3 is 5.69 Å². The maximum absolute atomic E-state index is 14.7. The third-order valence-electron chi connectivity index (χ3n) is 6.14. The van der Waals surface area contributed by atoms with E-state index in [0.717, 1.165) is 31.2 Å². The van der Waals surface area contributed by atoms with Gasteiger partial charge in [0, 0.05) is 29.3 Å². The molecule has 160 valence electrons. The molecule has 1 saturated heterocycles. The van der Waals surface area contributed by atoms with Gasteiger partial charge in [0.15, 0.2) is 11.9 Å². The predicted molar refractivity (Wildman–Crippen MR) is 110 cm³/mol. The van der Waals surface area contributed by atoms with Gasteiger partial charge in [0.1, 0.15) is 11.3 Å². The van der Waals surface area contributed by atoms with E-state index in [1.807, 2.05) is 0 Å². The van der Waals surface area contributed by atoms with E-state index in [1.165, 1.54) is 23.0 Å². The Morgan fingerprint density at radius 2 is 2.06 bits per heavy atom. The highest BCUT2D eigenvalue weighted by atomic mass is 19.1. The fourth-order valence-electron chi connectivity index (χ4n) is 4.39. The fourth-order valence-corrected chi connectivity index (χ4v) is 4.39. The van der Waals surface area contributed by atoms with Crippen LogP contribution in [-0.2, 0) is 4.74 Å². The zero-order chi connectivity index (χ0) is 21.7. The van der Waals surface area contributed by atoms with Crippen LogP contribution in [0.4, 0.5) is 10.1 Å². The molecule has 1 saturated carbocycles. The lowest BCUT2D eigenvalue weighted by molar-refractivity contribution is -0.386. The summed E-state index contributed by atoms with van der Waals surface area (Å²) in [6.45, 7) is 2.22. The van der Waals surface area contributed by atoms with Crippen LogP contribution in [0.2, 0.25) is 0 Å². The summed E-state index contributed by atoms with van der Waals surface area (Å²) in [5.41, 5.74) is 1.06. The molecule has 1 aliphatic carbocycles. The average Bonchev–Trinajstić information content (AvgIpc) is 3.51. The second-order valence-electron chi connectivity index (χ2n) is 8.16. The first-order valence-electron chi connectivity index (χ1n) is 10.4. The Morgan fingerprint density at radius 3 is 2.74 bits per heavy atom. The second-order valence-corrected chi connectivity index (χ2v) is 8.16. The molecule has 0 amide bonds. The smallest absolute Gasteiger partial charge is 0.302 e. The van der Waals surface area contributed by atoms with Crippen molar-refractivity contribution in [2.45, 2.75) is 51.2 Å². The molecule has 9 heteroatoms. The zero-order valence-electron chi connectivity index (χ0n) is 17.0. The summed E-state index contributed by atoms with van der Waals surface area (Å²) in [4.78, 5) is 28.8. The van der Waals surface area contributed by atoms with Gasteiger partial charge in [-0.2, -0.15) is 5.10 Å². The van der Waals surface area contributed by atoms with Crippen LogP contribution in [0.5, 0.6) is 0 Å². The molecule has 2 aliphatic rings. The Hall–Kier alpha value is -3.20. The molecular weight excluding hydrogens is 403 g/mol. The van der Waals surface area contributed by atoms with Crippen molar-refractivity contribution in [1.82, 2.24) is 14.8 Å². The number of benzene rings is 1. The fraction of sp³-hybridized carbons (Fsp3) is 0.409. The van der Waals surface area contributed by atoms with Crippen molar-refractivity contribution < 1.29 is 18.8 Å². The molecule has 3 aromatic rings. The average molecular weight is 424 g/mol. The number of nitro groups is 1. The molecule has 2 aromatic heterocycles. The van der Waals surface area contributed by atoms with Gasteiger partial charge in [-0.1, -0.05) is 0 Å². The number of ether oxygens (including phenoxy) is 1.